The number of nitrogens with one attached hydrogen (secondary N) is 1. The van der Waals surface area contributed by atoms with Crippen molar-refractivity contribution < 1.29 is 13.9 Å². The maximum absolute atomic E-state index is 13.5. The average Bonchev–Trinajstić information content (AvgIpc) is 3.23. The Balaban J connectivity index is 1.23. The molecule has 1 atom stereocenters. The number of hydrogen-bond donors (Lipinski definition) is 1. The smallest absolute Gasteiger partial charge is 0.409 e. The molecule has 1 fully saturated rings. The third kappa shape index (κ3) is 5.26. The van der Waals surface area contributed by atoms with Gasteiger partial charge in [0.15, 0.2) is 0 Å². The number of fused-ring (bicyclic) bond motifs is 3. The first kappa shape index (κ1) is 23.9. The summed E-state index contributed by atoms with van der Waals surface area (Å²) < 4.78 is 20.2. The summed E-state index contributed by atoms with van der Waals surface area (Å²) in [6, 6.07) is 7.26. The highest BCUT2D eigenvalue weighted by Gasteiger charge is 2.29. The van der Waals surface area contributed by atoms with Crippen LogP contribution in [-0.2, 0) is 30.5 Å². The van der Waals surface area contributed by atoms with Crippen LogP contribution in [0.25, 0.3) is 10.2 Å². The number of carbonyl (C=O) groups is 1. The van der Waals surface area contributed by atoms with E-state index < -0.39 is 0 Å². The first-order valence-corrected chi connectivity index (χ1v) is 13.3. The van der Waals surface area contributed by atoms with E-state index in [0.717, 1.165) is 66.5 Å². The zero-order valence-corrected chi connectivity index (χ0v) is 20.8. The number of benzene rings is 1. The molecule has 1 unspecified atom stereocenters. The van der Waals surface area contributed by atoms with Crippen LogP contribution in [0, 0.1) is 5.82 Å². The maximum Gasteiger partial charge on any atom is 0.409 e. The Morgan fingerprint density at radius 1 is 1.26 bits per heavy atom. The van der Waals surface area contributed by atoms with Crippen molar-refractivity contribution in [3.63, 3.8) is 0 Å². The molecule has 1 aliphatic carbocycles. The summed E-state index contributed by atoms with van der Waals surface area (Å²) in [6.07, 6.45) is 6.58. The highest BCUT2D eigenvalue weighted by molar-refractivity contribution is 7.18. The van der Waals surface area contributed by atoms with Crippen LogP contribution in [0.15, 0.2) is 35.4 Å². The topological polar surface area (TPSA) is 76.5 Å². The van der Waals surface area contributed by atoms with Crippen LogP contribution in [-0.4, -0.2) is 52.3 Å². The van der Waals surface area contributed by atoms with Gasteiger partial charge in [-0.05, 0) is 68.7 Å². The van der Waals surface area contributed by atoms with Crippen molar-refractivity contribution in [2.24, 2.45) is 0 Å². The molecule has 2 aromatic heterocycles. The molecule has 1 amide bonds. The number of rotatable bonds is 6. The molecule has 0 saturated carbocycles. The molecule has 0 radical (unpaired) electrons. The minimum absolute atomic E-state index is 0.00153. The quantitative estimate of drug-likeness (QED) is 0.558. The van der Waals surface area contributed by atoms with E-state index in [2.05, 4.69) is 10.3 Å². The monoisotopic (exact) mass is 498 g/mol. The fourth-order valence-electron chi connectivity index (χ4n) is 5.22. The molecule has 9 heteroatoms. The first-order chi connectivity index (χ1) is 17.0. The van der Waals surface area contributed by atoms with E-state index in [-0.39, 0.29) is 17.5 Å². The fourth-order valence-corrected chi connectivity index (χ4v) is 6.48. The number of ether oxygens (including phenoxy) is 1. The van der Waals surface area contributed by atoms with Gasteiger partial charge in [0.05, 0.1) is 18.3 Å². The van der Waals surface area contributed by atoms with Crippen molar-refractivity contribution >= 4 is 27.6 Å². The number of likely N-dealkylation sites (tertiary alicyclic amines) is 1. The van der Waals surface area contributed by atoms with Crippen LogP contribution < -0.4 is 10.9 Å². The zero-order valence-electron chi connectivity index (χ0n) is 20.0. The second-order valence-electron chi connectivity index (χ2n) is 9.37. The van der Waals surface area contributed by atoms with E-state index in [1.807, 2.05) is 13.0 Å². The van der Waals surface area contributed by atoms with Crippen LogP contribution in [0.1, 0.15) is 42.2 Å². The summed E-state index contributed by atoms with van der Waals surface area (Å²) in [5.41, 5.74) is 2.02. The number of piperidine rings is 1. The number of amides is 1. The summed E-state index contributed by atoms with van der Waals surface area (Å²) in [4.78, 5) is 33.7. The molecule has 3 aromatic rings. The number of nitrogens with zero attached hydrogens (tertiary/aromatic N) is 3. The molecule has 1 aromatic carbocycles. The lowest BCUT2D eigenvalue weighted by atomic mass is 9.91. The number of carbonyl (C=O) groups excluding carboxylic acids is 1. The zero-order chi connectivity index (χ0) is 24.4. The number of thiophene rings is 1. The number of halogens is 1. The van der Waals surface area contributed by atoms with E-state index in [1.165, 1.54) is 17.0 Å². The molecular formula is C26H31FN4O3S. The molecule has 7 nitrogen and oxygen atoms in total. The largest absolute Gasteiger partial charge is 0.450 e. The van der Waals surface area contributed by atoms with Crippen molar-refractivity contribution in [2.45, 2.75) is 64.1 Å². The second-order valence-corrected chi connectivity index (χ2v) is 10.5. The Hall–Kier alpha value is -2.78. The number of hydrogen-bond acceptors (Lipinski definition) is 6. The van der Waals surface area contributed by atoms with E-state index in [0.29, 0.717) is 31.7 Å². The lowest BCUT2D eigenvalue weighted by Gasteiger charge is -2.35. The van der Waals surface area contributed by atoms with Crippen LogP contribution in [0.4, 0.5) is 9.18 Å². The Kier molecular flexibility index (Phi) is 7.15. The lowest BCUT2D eigenvalue weighted by molar-refractivity contribution is 0.0940. The van der Waals surface area contributed by atoms with Crippen LogP contribution in [0.5, 0.6) is 0 Å². The van der Waals surface area contributed by atoms with Crippen LogP contribution in [0.3, 0.4) is 0 Å². The third-order valence-electron chi connectivity index (χ3n) is 7.06. The fraction of sp³-hybridized carbons (Fsp3) is 0.500. The van der Waals surface area contributed by atoms with Crippen molar-refractivity contribution in [1.82, 2.24) is 19.8 Å². The Morgan fingerprint density at radius 2 is 2.09 bits per heavy atom. The second kappa shape index (κ2) is 10.5. The Bertz CT molecular complexity index is 1270. The van der Waals surface area contributed by atoms with Gasteiger partial charge in [-0.2, -0.15) is 0 Å². The third-order valence-corrected chi connectivity index (χ3v) is 8.22. The molecule has 5 rings (SSSR count). The average molecular weight is 499 g/mol. The standard InChI is InChI=1S/C26H31FN4O3S/c1-2-34-26(33)30-12-9-19(10-13-30)29-20-6-7-21-22(15-20)35-24-23(21)25(32)31(16-28-24)11-8-17-4-3-5-18(27)14-17/h3-5,14,16,19-20,29H,2,6-13,15H2,1H3. The van der Waals surface area contributed by atoms with Gasteiger partial charge >= 0.3 is 6.09 Å². The minimum Gasteiger partial charge on any atom is -0.450 e. The van der Waals surface area contributed by atoms with Gasteiger partial charge < -0.3 is 15.0 Å². The van der Waals surface area contributed by atoms with Crippen molar-refractivity contribution in [3.8, 4) is 0 Å². The highest BCUT2D eigenvalue weighted by Crippen LogP contribution is 2.34. The molecular weight excluding hydrogens is 467 g/mol. The van der Waals surface area contributed by atoms with Crippen LogP contribution in [0.2, 0.25) is 0 Å². The van der Waals surface area contributed by atoms with Crippen LogP contribution >= 0.6 is 11.3 Å². The summed E-state index contributed by atoms with van der Waals surface area (Å²) in [5.74, 6) is -0.261. The molecule has 1 aliphatic heterocycles. The molecule has 186 valence electrons. The Labute approximate surface area is 207 Å². The highest BCUT2D eigenvalue weighted by atomic mass is 32.1. The molecule has 1 saturated heterocycles. The molecule has 2 aliphatic rings. The maximum atomic E-state index is 13.5. The van der Waals surface area contributed by atoms with E-state index in [1.54, 1.807) is 33.2 Å². The minimum atomic E-state index is -0.261. The summed E-state index contributed by atoms with van der Waals surface area (Å²) in [7, 11) is 0. The summed E-state index contributed by atoms with van der Waals surface area (Å²) in [6.45, 7) is 4.15. The predicted molar refractivity (Wildman–Crippen MR) is 135 cm³/mol. The molecule has 0 spiro atoms. The first-order valence-electron chi connectivity index (χ1n) is 12.4. The number of aromatic nitrogens is 2. The van der Waals surface area contributed by atoms with Gasteiger partial charge in [0.25, 0.3) is 5.56 Å². The predicted octanol–water partition coefficient (Wildman–Crippen LogP) is 3.91. The summed E-state index contributed by atoms with van der Waals surface area (Å²) >= 11 is 1.63. The molecule has 3 heterocycles. The van der Waals surface area contributed by atoms with E-state index in [9.17, 15) is 14.0 Å². The van der Waals surface area contributed by atoms with Gasteiger partial charge in [0.2, 0.25) is 0 Å². The van der Waals surface area contributed by atoms with E-state index in [4.69, 9.17) is 4.74 Å². The van der Waals surface area contributed by atoms with Gasteiger partial charge in [-0.3, -0.25) is 9.36 Å². The molecule has 0 bridgehead atoms. The lowest BCUT2D eigenvalue weighted by Crippen LogP contribution is -2.49. The normalized spacial score (nSPS) is 18.6. The van der Waals surface area contributed by atoms with Gasteiger partial charge in [-0.25, -0.2) is 14.2 Å². The molecule has 1 N–H and O–H groups in total. The van der Waals surface area contributed by atoms with Crippen molar-refractivity contribution in [2.75, 3.05) is 19.7 Å². The van der Waals surface area contributed by atoms with E-state index >= 15 is 0 Å². The Morgan fingerprint density at radius 3 is 2.86 bits per heavy atom. The van der Waals surface area contributed by atoms with Gasteiger partial charge in [-0.15, -0.1) is 11.3 Å². The van der Waals surface area contributed by atoms with Crippen molar-refractivity contribution in [1.29, 1.82) is 0 Å². The summed E-state index contributed by atoms with van der Waals surface area (Å²) in [5, 5.41) is 4.55. The van der Waals surface area contributed by atoms with Gasteiger partial charge in [0.1, 0.15) is 10.6 Å². The van der Waals surface area contributed by atoms with Gasteiger partial charge in [-0.1, -0.05) is 12.1 Å². The SMILES string of the molecule is CCOC(=O)N1CCC(NC2CCc3c(sc4ncn(CCc5cccc(F)c5)c(=O)c34)C2)CC1. The van der Waals surface area contributed by atoms with Crippen molar-refractivity contribution in [3.05, 3.63) is 62.8 Å². The number of aryl methyl sites for hydroxylation is 3. The van der Waals surface area contributed by atoms with Gasteiger partial charge in [0, 0.05) is 36.6 Å². The molecule has 35 heavy (non-hydrogen) atoms.